The molecular weight excluding hydrogens is 304 g/mol. The number of aromatic nitrogens is 2. The lowest BCUT2D eigenvalue weighted by molar-refractivity contribution is 0.0697. The third kappa shape index (κ3) is 3.56. The minimum Gasteiger partial charge on any atom is -0.497 e. The molecule has 0 radical (unpaired) electrons. The number of carboxylic acid groups (broad SMARTS) is 1. The fourth-order valence-corrected chi connectivity index (χ4v) is 2.76. The van der Waals surface area contributed by atoms with Gasteiger partial charge in [-0.1, -0.05) is 6.08 Å². The second-order valence-corrected chi connectivity index (χ2v) is 5.71. The normalized spacial score (nSPS) is 14.6. The number of carbonyl (C=O) groups is 1. The summed E-state index contributed by atoms with van der Waals surface area (Å²) in [7, 11) is 1.68. The Hall–Kier alpha value is -2.82. The van der Waals surface area contributed by atoms with Crippen molar-refractivity contribution in [1.82, 2.24) is 9.78 Å². The van der Waals surface area contributed by atoms with Crippen LogP contribution in [0.5, 0.6) is 0 Å². The van der Waals surface area contributed by atoms with E-state index in [1.807, 2.05) is 17.0 Å². The van der Waals surface area contributed by atoms with Crippen LogP contribution in [-0.4, -0.2) is 28.0 Å². The lowest BCUT2D eigenvalue weighted by Gasteiger charge is -2.04. The van der Waals surface area contributed by atoms with Crippen LogP contribution in [0.4, 0.5) is 0 Å². The number of hydrogen-bond donors (Lipinski definition) is 1. The van der Waals surface area contributed by atoms with Crippen molar-refractivity contribution < 1.29 is 14.6 Å². The van der Waals surface area contributed by atoms with Gasteiger partial charge in [0.25, 0.3) is 0 Å². The van der Waals surface area contributed by atoms with Crippen LogP contribution in [0.3, 0.4) is 0 Å². The summed E-state index contributed by atoms with van der Waals surface area (Å²) in [6, 6.07) is 6.76. The molecule has 0 saturated carbocycles. The van der Waals surface area contributed by atoms with Crippen LogP contribution < -0.4 is 0 Å². The average Bonchev–Trinajstić information content (AvgIpc) is 3.01. The Balaban J connectivity index is 1.86. The van der Waals surface area contributed by atoms with Crippen LogP contribution in [0.1, 0.15) is 34.5 Å². The van der Waals surface area contributed by atoms with Crippen LogP contribution >= 0.6 is 0 Å². The van der Waals surface area contributed by atoms with Gasteiger partial charge in [0.1, 0.15) is 5.76 Å². The highest BCUT2D eigenvalue weighted by molar-refractivity contribution is 5.87. The number of carboxylic acids is 1. The molecule has 1 aliphatic carbocycles. The zero-order valence-corrected chi connectivity index (χ0v) is 13.6. The third-order valence-electron chi connectivity index (χ3n) is 4.08. The fourth-order valence-electron chi connectivity index (χ4n) is 2.76. The first-order valence-corrected chi connectivity index (χ1v) is 7.99. The molecular formula is C19H20N2O3. The minimum atomic E-state index is -0.923. The Morgan fingerprint density at radius 2 is 2.08 bits per heavy atom. The van der Waals surface area contributed by atoms with Crippen LogP contribution in [0.15, 0.2) is 54.4 Å². The summed E-state index contributed by atoms with van der Waals surface area (Å²) < 4.78 is 7.14. The third-order valence-corrected chi connectivity index (χ3v) is 4.08. The van der Waals surface area contributed by atoms with E-state index in [1.165, 1.54) is 5.56 Å². The van der Waals surface area contributed by atoms with Gasteiger partial charge in [-0.05, 0) is 61.2 Å². The monoisotopic (exact) mass is 324 g/mol. The van der Waals surface area contributed by atoms with Crippen molar-refractivity contribution in [1.29, 1.82) is 0 Å². The van der Waals surface area contributed by atoms with Crippen LogP contribution in [0.25, 0.3) is 5.69 Å². The Kier molecular flexibility index (Phi) is 4.79. The number of allylic oxidation sites excluding steroid dienone is 3. The molecule has 3 rings (SSSR count). The first-order chi connectivity index (χ1) is 11.7. The van der Waals surface area contributed by atoms with Crippen LogP contribution in [0.2, 0.25) is 0 Å². The van der Waals surface area contributed by atoms with Crippen molar-refractivity contribution in [2.24, 2.45) is 0 Å². The highest BCUT2D eigenvalue weighted by Crippen LogP contribution is 2.18. The molecule has 24 heavy (non-hydrogen) atoms. The number of fused-ring (bicyclic) bond motifs is 1. The number of aryl methyl sites for hydroxylation is 1. The van der Waals surface area contributed by atoms with Gasteiger partial charge in [0.2, 0.25) is 0 Å². The second kappa shape index (κ2) is 7.17. The molecule has 0 saturated heterocycles. The molecule has 1 aromatic carbocycles. The van der Waals surface area contributed by atoms with E-state index in [0.29, 0.717) is 0 Å². The Bertz CT molecular complexity index is 785. The Labute approximate surface area is 140 Å². The van der Waals surface area contributed by atoms with E-state index in [-0.39, 0.29) is 5.56 Å². The number of ether oxygens (including phenoxy) is 1. The maximum absolute atomic E-state index is 11.0. The maximum Gasteiger partial charge on any atom is 0.335 e. The van der Waals surface area contributed by atoms with Crippen molar-refractivity contribution in [3.63, 3.8) is 0 Å². The molecule has 0 bridgehead atoms. The van der Waals surface area contributed by atoms with Gasteiger partial charge in [-0.3, -0.25) is 0 Å². The summed E-state index contributed by atoms with van der Waals surface area (Å²) in [5.41, 5.74) is 3.42. The fraction of sp³-hybridized carbons (Fsp3) is 0.263. The van der Waals surface area contributed by atoms with Crippen molar-refractivity contribution in [3.05, 3.63) is 71.3 Å². The summed E-state index contributed by atoms with van der Waals surface area (Å²) in [6.45, 7) is 0. The molecule has 5 heteroatoms. The lowest BCUT2D eigenvalue weighted by Crippen LogP contribution is -1.99. The number of rotatable bonds is 3. The predicted molar refractivity (Wildman–Crippen MR) is 91.4 cm³/mol. The van der Waals surface area contributed by atoms with E-state index >= 15 is 0 Å². The number of methoxy groups -OCH3 is 1. The van der Waals surface area contributed by atoms with Gasteiger partial charge in [0.15, 0.2) is 0 Å². The molecule has 0 unspecified atom stereocenters. The number of aromatic carboxylic acids is 1. The molecule has 1 N–H and O–H groups in total. The van der Waals surface area contributed by atoms with E-state index < -0.39 is 5.97 Å². The van der Waals surface area contributed by atoms with Gasteiger partial charge >= 0.3 is 5.97 Å². The van der Waals surface area contributed by atoms with Gasteiger partial charge in [0.05, 0.1) is 24.1 Å². The summed E-state index contributed by atoms with van der Waals surface area (Å²) in [6.07, 6.45) is 11.9. The first kappa shape index (κ1) is 16.1. The van der Waals surface area contributed by atoms with Crippen molar-refractivity contribution in [3.8, 4) is 5.69 Å². The van der Waals surface area contributed by atoms with Crippen molar-refractivity contribution >= 4 is 5.97 Å². The largest absolute Gasteiger partial charge is 0.497 e. The van der Waals surface area contributed by atoms with Gasteiger partial charge in [-0.2, -0.15) is 5.10 Å². The molecule has 1 aromatic heterocycles. The van der Waals surface area contributed by atoms with E-state index in [2.05, 4.69) is 17.3 Å². The first-order valence-electron chi connectivity index (χ1n) is 7.99. The van der Waals surface area contributed by atoms with Crippen LogP contribution in [-0.2, 0) is 17.6 Å². The molecule has 0 spiro atoms. The molecule has 124 valence electrons. The topological polar surface area (TPSA) is 64.3 Å². The molecule has 0 aliphatic heterocycles. The summed E-state index contributed by atoms with van der Waals surface area (Å²) in [4.78, 5) is 11.0. The predicted octanol–water partition coefficient (Wildman–Crippen LogP) is 3.54. The Morgan fingerprint density at radius 1 is 1.29 bits per heavy atom. The van der Waals surface area contributed by atoms with Crippen molar-refractivity contribution in [2.45, 2.75) is 25.7 Å². The molecule has 0 fully saturated rings. The zero-order valence-electron chi connectivity index (χ0n) is 13.6. The molecule has 5 nitrogen and oxygen atoms in total. The van der Waals surface area contributed by atoms with Gasteiger partial charge in [0, 0.05) is 12.6 Å². The molecule has 1 heterocycles. The highest BCUT2D eigenvalue weighted by atomic mass is 16.5. The Morgan fingerprint density at radius 3 is 2.79 bits per heavy atom. The second-order valence-electron chi connectivity index (χ2n) is 5.71. The minimum absolute atomic E-state index is 0.276. The standard InChI is InChI=1S/C19H20N2O3/c1-24-17-6-3-2-5-15-13-21(20-18(15)8-4-7-17)16-11-9-14(10-12-16)19(22)23/h4,6-7,9-13H,2-3,5,8H2,1H3,(H,22,23). The van der Waals surface area contributed by atoms with Gasteiger partial charge in [-0.25, -0.2) is 9.48 Å². The maximum atomic E-state index is 11.0. The smallest absolute Gasteiger partial charge is 0.335 e. The van der Waals surface area contributed by atoms with E-state index in [1.54, 1.807) is 31.4 Å². The summed E-state index contributed by atoms with van der Waals surface area (Å²) >= 11 is 0. The molecule has 0 amide bonds. The summed E-state index contributed by atoms with van der Waals surface area (Å²) in [5.74, 6) is -0.0319. The lowest BCUT2D eigenvalue weighted by atomic mass is 10.1. The zero-order chi connectivity index (χ0) is 16.9. The summed E-state index contributed by atoms with van der Waals surface area (Å²) in [5, 5.41) is 13.7. The molecule has 2 aromatic rings. The average molecular weight is 324 g/mol. The number of hydrogen-bond acceptors (Lipinski definition) is 3. The quantitative estimate of drug-likeness (QED) is 0.938. The molecule has 0 atom stereocenters. The van der Waals surface area contributed by atoms with E-state index in [0.717, 1.165) is 42.8 Å². The molecule has 1 aliphatic rings. The van der Waals surface area contributed by atoms with Crippen LogP contribution in [0, 0.1) is 0 Å². The number of benzene rings is 1. The van der Waals surface area contributed by atoms with Crippen molar-refractivity contribution in [2.75, 3.05) is 7.11 Å². The van der Waals surface area contributed by atoms with Gasteiger partial charge in [-0.15, -0.1) is 0 Å². The van der Waals surface area contributed by atoms with E-state index in [4.69, 9.17) is 9.84 Å². The number of nitrogens with zero attached hydrogens (tertiary/aromatic N) is 2. The van der Waals surface area contributed by atoms with E-state index in [9.17, 15) is 4.79 Å². The van der Waals surface area contributed by atoms with Gasteiger partial charge < -0.3 is 9.84 Å². The highest BCUT2D eigenvalue weighted by Gasteiger charge is 2.11. The SMILES string of the molecule is COC1=CCCCc2cn(-c3ccc(C(=O)O)cc3)nc2CC=C1.